The van der Waals surface area contributed by atoms with Gasteiger partial charge in [0, 0.05) is 0 Å². The highest BCUT2D eigenvalue weighted by Gasteiger charge is 2.27. The molecule has 1 aromatic heterocycles. The molecule has 0 aromatic carbocycles. The molecule has 0 aliphatic carbocycles. The smallest absolute Gasteiger partial charge is 0.326 e. The van der Waals surface area contributed by atoms with E-state index in [9.17, 15) is 14.7 Å². The molecule has 124 valence electrons. The van der Waals surface area contributed by atoms with E-state index in [0.29, 0.717) is 5.69 Å². The second-order valence-electron chi connectivity index (χ2n) is 5.63. The van der Waals surface area contributed by atoms with E-state index in [2.05, 4.69) is 15.6 Å². The summed E-state index contributed by atoms with van der Waals surface area (Å²) >= 11 is 0. The number of hydrogen-bond acceptors (Lipinski definition) is 6. The summed E-state index contributed by atoms with van der Waals surface area (Å²) in [7, 11) is 0. The molecule has 0 saturated carbocycles. The minimum absolute atomic E-state index is 0.247. The van der Waals surface area contributed by atoms with Crippen molar-refractivity contribution in [3.63, 3.8) is 0 Å². The topological polar surface area (TPSA) is 143 Å². The number of aliphatic carboxylic acids is 1. The lowest BCUT2D eigenvalue weighted by Gasteiger charge is -2.20. The van der Waals surface area contributed by atoms with Crippen molar-refractivity contribution in [2.24, 2.45) is 11.7 Å². The average Bonchev–Trinajstić information content (AvgIpc) is 2.91. The molecular formula is C13H23N5O4. The van der Waals surface area contributed by atoms with Gasteiger partial charge >= 0.3 is 5.97 Å². The van der Waals surface area contributed by atoms with Crippen LogP contribution >= 0.6 is 0 Å². The number of rotatable bonds is 7. The number of aliphatic hydroxyl groups excluding tert-OH is 1. The lowest BCUT2D eigenvalue weighted by Crippen LogP contribution is -2.46. The number of nitrogens with zero attached hydrogens (tertiary/aromatic N) is 3. The van der Waals surface area contributed by atoms with Crippen molar-refractivity contribution in [2.45, 2.75) is 51.9 Å². The number of aliphatic hydroxyl groups is 1. The second-order valence-corrected chi connectivity index (χ2v) is 5.63. The van der Waals surface area contributed by atoms with Crippen LogP contribution in [0.5, 0.6) is 0 Å². The molecule has 0 radical (unpaired) electrons. The fraction of sp³-hybridized carbons (Fsp3) is 0.692. The highest BCUT2D eigenvalue weighted by molar-refractivity contribution is 5.85. The van der Waals surface area contributed by atoms with Crippen LogP contribution < -0.4 is 11.1 Å². The molecule has 0 saturated heterocycles. The highest BCUT2D eigenvalue weighted by Crippen LogP contribution is 2.13. The molecule has 22 heavy (non-hydrogen) atoms. The first-order valence-corrected chi connectivity index (χ1v) is 7.03. The van der Waals surface area contributed by atoms with Gasteiger partial charge in [-0.3, -0.25) is 4.79 Å². The third-order valence-corrected chi connectivity index (χ3v) is 3.40. The number of carboxylic acids is 1. The largest absolute Gasteiger partial charge is 0.480 e. The van der Waals surface area contributed by atoms with E-state index >= 15 is 0 Å². The van der Waals surface area contributed by atoms with Crippen molar-refractivity contribution in [3.05, 3.63) is 11.9 Å². The van der Waals surface area contributed by atoms with Crippen molar-refractivity contribution in [3.8, 4) is 0 Å². The van der Waals surface area contributed by atoms with Gasteiger partial charge < -0.3 is 21.3 Å². The number of carbonyl (C=O) groups excluding carboxylic acids is 1. The zero-order chi connectivity index (χ0) is 17.0. The van der Waals surface area contributed by atoms with Gasteiger partial charge in [-0.25, -0.2) is 9.48 Å². The van der Waals surface area contributed by atoms with Gasteiger partial charge in [-0.2, -0.15) is 0 Å². The first-order valence-electron chi connectivity index (χ1n) is 7.03. The van der Waals surface area contributed by atoms with E-state index in [0.717, 1.165) is 0 Å². The quantitative estimate of drug-likeness (QED) is 0.528. The van der Waals surface area contributed by atoms with Crippen LogP contribution in [-0.2, 0) is 9.59 Å². The number of carboxylic acid groups (broad SMARTS) is 1. The van der Waals surface area contributed by atoms with E-state index < -0.39 is 36.1 Å². The highest BCUT2D eigenvalue weighted by atomic mass is 16.4. The van der Waals surface area contributed by atoms with Gasteiger partial charge in [0.05, 0.1) is 18.3 Å². The molecule has 1 amide bonds. The van der Waals surface area contributed by atoms with E-state index in [1.807, 2.05) is 0 Å². The summed E-state index contributed by atoms with van der Waals surface area (Å²) in [4.78, 5) is 23.2. The first kappa shape index (κ1) is 18.1. The number of carbonyl (C=O) groups is 2. The number of amides is 1. The van der Waals surface area contributed by atoms with Crippen LogP contribution in [0.25, 0.3) is 0 Å². The van der Waals surface area contributed by atoms with Crippen molar-refractivity contribution >= 4 is 11.9 Å². The lowest BCUT2D eigenvalue weighted by atomic mass is 10.0. The van der Waals surface area contributed by atoms with E-state index in [1.165, 1.54) is 17.8 Å². The van der Waals surface area contributed by atoms with Gasteiger partial charge in [0.1, 0.15) is 17.8 Å². The summed E-state index contributed by atoms with van der Waals surface area (Å²) in [5.41, 5.74) is 6.10. The van der Waals surface area contributed by atoms with Crippen LogP contribution in [0.2, 0.25) is 0 Å². The number of nitrogens with one attached hydrogen (secondary N) is 1. The summed E-state index contributed by atoms with van der Waals surface area (Å²) in [5.74, 6) is -1.82. The van der Waals surface area contributed by atoms with Crippen LogP contribution in [0.4, 0.5) is 0 Å². The molecule has 9 nitrogen and oxygen atoms in total. The summed E-state index contributed by atoms with van der Waals surface area (Å²) in [6.45, 7) is 6.51. The molecule has 1 unspecified atom stereocenters. The molecule has 0 aliphatic heterocycles. The van der Waals surface area contributed by atoms with Crippen LogP contribution in [0.1, 0.15) is 45.5 Å². The average molecular weight is 313 g/mol. The Balaban J connectivity index is 2.81. The molecule has 5 N–H and O–H groups in total. The minimum atomic E-state index is -1.09. The summed E-state index contributed by atoms with van der Waals surface area (Å²) < 4.78 is 1.28. The van der Waals surface area contributed by atoms with E-state index in [4.69, 9.17) is 10.8 Å². The van der Waals surface area contributed by atoms with Gasteiger partial charge in [0.2, 0.25) is 5.91 Å². The first-order chi connectivity index (χ1) is 10.1. The Kier molecular flexibility index (Phi) is 6.01. The lowest BCUT2D eigenvalue weighted by molar-refractivity contribution is -0.143. The molecule has 0 bridgehead atoms. The predicted molar refractivity (Wildman–Crippen MR) is 77.7 cm³/mol. The zero-order valence-corrected chi connectivity index (χ0v) is 13.1. The Morgan fingerprint density at radius 3 is 2.36 bits per heavy atom. The van der Waals surface area contributed by atoms with Crippen molar-refractivity contribution in [1.29, 1.82) is 0 Å². The third-order valence-electron chi connectivity index (χ3n) is 3.40. The van der Waals surface area contributed by atoms with Gasteiger partial charge in [0.15, 0.2) is 0 Å². The van der Waals surface area contributed by atoms with Gasteiger partial charge in [0.25, 0.3) is 0 Å². The molecule has 0 fully saturated rings. The van der Waals surface area contributed by atoms with Crippen LogP contribution in [0.15, 0.2) is 6.20 Å². The Hall–Kier alpha value is -2.00. The van der Waals surface area contributed by atoms with E-state index in [-0.39, 0.29) is 5.92 Å². The normalized spacial score (nSPS) is 16.9. The van der Waals surface area contributed by atoms with Crippen molar-refractivity contribution in [1.82, 2.24) is 20.3 Å². The molecule has 9 heteroatoms. The molecule has 1 aromatic rings. The van der Waals surface area contributed by atoms with E-state index in [1.54, 1.807) is 20.8 Å². The van der Waals surface area contributed by atoms with Crippen molar-refractivity contribution < 1.29 is 19.8 Å². The fourth-order valence-electron chi connectivity index (χ4n) is 1.79. The monoisotopic (exact) mass is 313 g/mol. The molecule has 1 heterocycles. The molecule has 1 rings (SSSR count). The SMILES string of the molecule is CC(C)[C@H](NC(=O)[C@H](C)n1cc([C@@H](N)C(C)O)nn1)C(=O)O. The zero-order valence-electron chi connectivity index (χ0n) is 13.1. The Bertz CT molecular complexity index is 528. The summed E-state index contributed by atoms with van der Waals surface area (Å²) in [6, 6.07) is -2.42. The molecule has 0 spiro atoms. The summed E-state index contributed by atoms with van der Waals surface area (Å²) in [5, 5.41) is 28.6. The fourth-order valence-corrected chi connectivity index (χ4v) is 1.79. The van der Waals surface area contributed by atoms with Crippen LogP contribution in [0, 0.1) is 5.92 Å². The molecule has 4 atom stereocenters. The number of aromatic nitrogens is 3. The summed E-state index contributed by atoms with van der Waals surface area (Å²) in [6.07, 6.45) is 0.666. The molecule has 0 aliphatic rings. The predicted octanol–water partition coefficient (Wildman–Crippen LogP) is -0.555. The van der Waals surface area contributed by atoms with Crippen LogP contribution in [-0.4, -0.2) is 49.2 Å². The second kappa shape index (κ2) is 7.32. The number of hydrogen-bond donors (Lipinski definition) is 4. The van der Waals surface area contributed by atoms with Crippen molar-refractivity contribution in [2.75, 3.05) is 0 Å². The van der Waals surface area contributed by atoms with Gasteiger partial charge in [-0.05, 0) is 19.8 Å². The Morgan fingerprint density at radius 1 is 1.32 bits per heavy atom. The van der Waals surface area contributed by atoms with Gasteiger partial charge in [-0.1, -0.05) is 19.1 Å². The number of nitrogens with two attached hydrogens (primary N) is 1. The maximum Gasteiger partial charge on any atom is 0.326 e. The third kappa shape index (κ3) is 4.25. The minimum Gasteiger partial charge on any atom is -0.480 e. The maximum absolute atomic E-state index is 12.1. The van der Waals surface area contributed by atoms with Gasteiger partial charge in [-0.15, -0.1) is 5.10 Å². The standard InChI is InChI=1S/C13H23N5O4/c1-6(2)11(13(21)22)15-12(20)7(3)18-5-9(16-17-18)10(14)8(4)19/h5-8,10-11,19H,14H2,1-4H3,(H,15,20)(H,21,22)/t7-,8?,10-,11-/m0/s1. The maximum atomic E-state index is 12.1. The Morgan fingerprint density at radius 2 is 1.91 bits per heavy atom. The molecular weight excluding hydrogens is 290 g/mol. The van der Waals surface area contributed by atoms with Crippen LogP contribution in [0.3, 0.4) is 0 Å². The Labute approximate surface area is 128 Å².